The largest absolute Gasteiger partial charge is 0.391 e. The Morgan fingerprint density at radius 1 is 0.476 bits per heavy atom. The van der Waals surface area contributed by atoms with E-state index < -0.39 is 156 Å². The molecule has 0 aromatic carbocycles. The number of nitrogens with zero attached hydrogens (tertiary/aromatic N) is 7. The number of ketones is 1. The van der Waals surface area contributed by atoms with Crippen molar-refractivity contribution in [2.24, 2.45) is 47.3 Å². The molecular weight excluding hydrogens is 1080 g/mol. The zero-order chi connectivity index (χ0) is 64.8. The molecule has 2 aliphatic rings. The van der Waals surface area contributed by atoms with Gasteiger partial charge in [0.15, 0.2) is 5.78 Å². The van der Waals surface area contributed by atoms with Crippen LogP contribution in [0.2, 0.25) is 0 Å². The van der Waals surface area contributed by atoms with Crippen molar-refractivity contribution >= 4 is 64.9 Å². The number of hydrogen-bond donors (Lipinski definition) is 4. The summed E-state index contributed by atoms with van der Waals surface area (Å²) in [4.78, 5) is 169. The molecule has 13 atom stereocenters. The van der Waals surface area contributed by atoms with E-state index in [4.69, 9.17) is 4.74 Å². The van der Waals surface area contributed by atoms with E-state index in [9.17, 15) is 48.3 Å². The van der Waals surface area contributed by atoms with Gasteiger partial charge in [0, 0.05) is 68.3 Å². The van der Waals surface area contributed by atoms with Gasteiger partial charge in [0.05, 0.1) is 24.8 Å². The summed E-state index contributed by atoms with van der Waals surface area (Å²) in [6.45, 7) is 27.8. The summed E-state index contributed by atoms with van der Waals surface area (Å²) >= 11 is 0. The summed E-state index contributed by atoms with van der Waals surface area (Å²) in [6.07, 6.45) is -1.54. The van der Waals surface area contributed by atoms with Crippen molar-refractivity contribution in [2.45, 2.75) is 216 Å². The van der Waals surface area contributed by atoms with E-state index in [1.165, 1.54) is 92.6 Å². The number of ether oxygens (including phenoxy) is 1. The zero-order valence-electron chi connectivity index (χ0n) is 55.1. The molecule has 480 valence electrons. The number of aliphatic hydroxyl groups excluding tert-OH is 1. The lowest BCUT2D eigenvalue weighted by Crippen LogP contribution is -2.64. The monoisotopic (exact) mass is 1190 g/mol. The van der Waals surface area contributed by atoms with Crippen LogP contribution in [0.1, 0.15) is 149 Å². The highest BCUT2D eigenvalue weighted by Gasteiger charge is 2.47. The number of carbonyl (C=O) groups is 11. The van der Waals surface area contributed by atoms with Crippen molar-refractivity contribution in [3.05, 3.63) is 0 Å². The van der Waals surface area contributed by atoms with Crippen molar-refractivity contribution in [2.75, 3.05) is 62.5 Å². The number of likely N-dealkylation sites (N-methyl/N-ethyl adjacent to an activating group) is 7. The van der Waals surface area contributed by atoms with Crippen LogP contribution in [0.3, 0.4) is 0 Å². The fourth-order valence-corrected chi connectivity index (χ4v) is 11.2. The molecule has 2 heterocycles. The normalized spacial score (nSPS) is 29.4. The van der Waals surface area contributed by atoms with E-state index in [1.54, 1.807) is 34.6 Å². The predicted molar refractivity (Wildman–Crippen MR) is 320 cm³/mol. The maximum absolute atomic E-state index is 15.1. The van der Waals surface area contributed by atoms with Gasteiger partial charge in [-0.25, -0.2) is 0 Å². The van der Waals surface area contributed by atoms with Crippen LogP contribution in [0, 0.1) is 47.3 Å². The van der Waals surface area contributed by atoms with Gasteiger partial charge in [-0.3, -0.25) is 52.7 Å². The second kappa shape index (κ2) is 32.7. The third-order valence-corrected chi connectivity index (χ3v) is 16.5. The molecule has 2 fully saturated rings. The molecule has 0 radical (unpaired) electrons. The first-order valence-corrected chi connectivity index (χ1v) is 30.3. The highest BCUT2D eigenvalue weighted by molar-refractivity contribution is 5.99. The molecule has 84 heavy (non-hydrogen) atoms. The van der Waals surface area contributed by atoms with E-state index in [1.807, 2.05) is 62.3 Å². The first-order chi connectivity index (χ1) is 38.7. The number of nitrogens with one attached hydrogen (secondary N) is 3. The van der Waals surface area contributed by atoms with Crippen molar-refractivity contribution in [1.82, 2.24) is 50.2 Å². The maximum Gasteiger partial charge on any atom is 0.248 e. The van der Waals surface area contributed by atoms with E-state index in [0.717, 1.165) is 4.90 Å². The first kappa shape index (κ1) is 74.4. The van der Waals surface area contributed by atoms with Crippen LogP contribution in [0.15, 0.2) is 0 Å². The molecule has 10 amide bonds. The van der Waals surface area contributed by atoms with Gasteiger partial charge in [0.25, 0.3) is 0 Å². The summed E-state index contributed by atoms with van der Waals surface area (Å²) in [6, 6.07) is -11.1. The Morgan fingerprint density at radius 3 is 1.35 bits per heavy atom. The molecule has 23 nitrogen and oxygen atoms in total. The Hall–Kier alpha value is -5.71. The van der Waals surface area contributed by atoms with Gasteiger partial charge in [0.1, 0.15) is 48.3 Å². The summed E-state index contributed by atoms with van der Waals surface area (Å²) in [5, 5.41) is 19.4. The SMILES string of the molecule is CC(C)C[C@@H]1C(=O)N(C)[C@H](CC(C)C)C(=O)N(C)[C@H](C(C)C)C(=O)N(C)[C@H]([C@@H]2OCC[C@H]2C)C(=O)N[C@H]([C@@H](C)O)C(=O)N(C)CC(=O)N(C)[C@@H](CC(C)C)C(=O)N[C@H](C(C)C)C(=O)N(C)[C@H](CC(C)C)C(=O)N[C@H](C)C(=O)C[C@@H](C)C(=O)N1C. The summed E-state index contributed by atoms with van der Waals surface area (Å²) in [7, 11) is 9.98. The molecule has 0 unspecified atom stereocenters. The minimum atomic E-state index is -1.65. The smallest absolute Gasteiger partial charge is 0.248 e. The lowest BCUT2D eigenvalue weighted by Gasteiger charge is -2.41. The number of Topliss-reactive ketones (excluding diaryl/α,β-unsaturated/α-hetero) is 1. The van der Waals surface area contributed by atoms with E-state index in [0.29, 0.717) is 6.42 Å². The summed E-state index contributed by atoms with van der Waals surface area (Å²) < 4.78 is 6.13. The number of rotatable bonds is 12. The molecule has 0 saturated carbocycles. The van der Waals surface area contributed by atoms with Gasteiger partial charge < -0.3 is 60.1 Å². The van der Waals surface area contributed by atoms with Gasteiger partial charge >= 0.3 is 0 Å². The van der Waals surface area contributed by atoms with Crippen LogP contribution in [-0.2, 0) is 57.5 Å². The van der Waals surface area contributed by atoms with Gasteiger partial charge in [-0.1, -0.05) is 96.9 Å². The Balaban J connectivity index is 2.95. The maximum atomic E-state index is 15.1. The minimum absolute atomic E-state index is 0.119. The quantitative estimate of drug-likeness (QED) is 0.219. The Kier molecular flexibility index (Phi) is 29.0. The van der Waals surface area contributed by atoms with Gasteiger partial charge in [-0.15, -0.1) is 0 Å². The van der Waals surface area contributed by atoms with Crippen LogP contribution in [0.25, 0.3) is 0 Å². The topological polar surface area (TPSA) is 276 Å². The van der Waals surface area contributed by atoms with Crippen LogP contribution in [0.5, 0.6) is 0 Å². The molecule has 23 heteroatoms. The van der Waals surface area contributed by atoms with E-state index >= 15 is 9.59 Å². The average Bonchev–Trinajstić information content (AvgIpc) is 3.94. The standard InChI is InChI=1S/C61H108N10O13/c1-32(2)26-42-54(76)63-48(36(9)10)60(82)67(19)43(27-33(3)4)53(75)62-40(15)46(73)30-39(14)56(78)68(20)44(28-34(5)6)57(79)69(21)45(29-35(7)8)58(80)70(22)50(37(11)12)61(83)71(23)51(52-38(13)24-25-84-52)55(77)64-49(41(16)72)59(81)65(17)31-47(74)66(42)18/h32-45,48-52,72H,24-31H2,1-23H3,(H,62,75)(H,63,76)(H,64,77)/t38-,39-,40-,41-,42+,43-,44-,45-,48-,49-,50-,51-,52-/m1/s1. The highest BCUT2D eigenvalue weighted by Crippen LogP contribution is 2.29. The molecule has 2 rings (SSSR count). The summed E-state index contributed by atoms with van der Waals surface area (Å²) in [5.41, 5.74) is 0. The highest BCUT2D eigenvalue weighted by atomic mass is 16.5. The van der Waals surface area contributed by atoms with E-state index in [-0.39, 0.29) is 68.3 Å². The molecule has 2 saturated heterocycles. The van der Waals surface area contributed by atoms with Crippen LogP contribution < -0.4 is 16.0 Å². The minimum Gasteiger partial charge on any atom is -0.391 e. The van der Waals surface area contributed by atoms with E-state index in [2.05, 4.69) is 16.0 Å². The molecule has 0 spiro atoms. The molecule has 4 N–H and O–H groups in total. The Labute approximate surface area is 501 Å². The molecule has 0 aromatic rings. The van der Waals surface area contributed by atoms with Gasteiger partial charge in [-0.05, 0) is 87.4 Å². The molecule has 0 bridgehead atoms. The van der Waals surface area contributed by atoms with Crippen molar-refractivity contribution in [1.29, 1.82) is 0 Å². The van der Waals surface area contributed by atoms with Crippen LogP contribution in [0.4, 0.5) is 0 Å². The van der Waals surface area contributed by atoms with Crippen LogP contribution in [-0.4, -0.2) is 233 Å². The van der Waals surface area contributed by atoms with Gasteiger partial charge in [-0.2, -0.15) is 0 Å². The molecular formula is C61H108N10O13. The van der Waals surface area contributed by atoms with Crippen LogP contribution >= 0.6 is 0 Å². The third kappa shape index (κ3) is 19.7. The zero-order valence-corrected chi connectivity index (χ0v) is 55.1. The van der Waals surface area contributed by atoms with Gasteiger partial charge in [0.2, 0.25) is 59.1 Å². The Morgan fingerprint density at radius 2 is 0.905 bits per heavy atom. The van der Waals surface area contributed by atoms with Crippen molar-refractivity contribution in [3.8, 4) is 0 Å². The Bertz CT molecular complexity index is 2310. The number of aliphatic hydroxyl groups is 1. The fraction of sp³-hybridized carbons (Fsp3) is 0.820. The summed E-state index contributed by atoms with van der Waals surface area (Å²) in [5.74, 6) is -9.97. The second-order valence-corrected chi connectivity index (χ2v) is 26.5. The number of amides is 10. The predicted octanol–water partition coefficient (Wildman–Crippen LogP) is 2.79. The molecule has 2 aliphatic heterocycles. The van der Waals surface area contributed by atoms with Crippen molar-refractivity contribution in [3.63, 3.8) is 0 Å². The third-order valence-electron chi connectivity index (χ3n) is 16.5. The first-order valence-electron chi connectivity index (χ1n) is 30.3. The number of hydrogen-bond acceptors (Lipinski definition) is 13. The molecule has 0 aromatic heterocycles. The second-order valence-electron chi connectivity index (χ2n) is 26.5. The number of carbonyl (C=O) groups excluding carboxylic acids is 11. The van der Waals surface area contributed by atoms with Crippen molar-refractivity contribution < 1.29 is 62.6 Å². The molecule has 0 aliphatic carbocycles. The lowest BCUT2D eigenvalue weighted by atomic mass is 9.93. The lowest BCUT2D eigenvalue weighted by molar-refractivity contribution is -0.157. The fourth-order valence-electron chi connectivity index (χ4n) is 11.2. The average molecular weight is 1190 g/mol.